The van der Waals surface area contributed by atoms with Gasteiger partial charge in [0.05, 0.1) is 52.9 Å². The monoisotopic (exact) mass is 997 g/mol. The van der Waals surface area contributed by atoms with E-state index in [0.29, 0.717) is 0 Å². The van der Waals surface area contributed by atoms with Gasteiger partial charge < -0.3 is 47.7 Å². The molecule has 1 aliphatic carbocycles. The van der Waals surface area contributed by atoms with Crippen molar-refractivity contribution in [2.24, 2.45) is 5.11 Å². The van der Waals surface area contributed by atoms with Crippen LogP contribution in [0, 0.1) is 0 Å². The lowest BCUT2D eigenvalue weighted by Gasteiger charge is -2.51. The maximum absolute atomic E-state index is 13.1. The van der Waals surface area contributed by atoms with Gasteiger partial charge in [0.2, 0.25) is 0 Å². The zero-order chi connectivity index (χ0) is 50.6. The maximum atomic E-state index is 13.1. The first-order valence-electron chi connectivity index (χ1n) is 25.2. The zero-order valence-corrected chi connectivity index (χ0v) is 41.2. The molecule has 0 unspecified atom stereocenters. The molecule has 1 saturated heterocycles. The SMILES string of the molecule is [N-]=[N+]=N[C@H]1[C@@H](O[C@@H]2[C@@H](O)[C@H](OCc3ccccc3)[C@@H](OCc3ccccc3)[C@@H](OCc3ccccc3)[C@@H]2OCc2ccccc2)O[C@H](COCc2ccccc2)[C@H](OCc2ccccc2)[C@@H]1OCc1ccccc1. The number of aliphatic hydroxyl groups excluding tert-OH is 1. The van der Waals surface area contributed by atoms with Crippen LogP contribution in [-0.2, 0) is 88.9 Å². The Balaban J connectivity index is 1.11. The lowest BCUT2D eigenvalue weighted by atomic mass is 9.83. The van der Waals surface area contributed by atoms with Crippen LogP contribution in [0.25, 0.3) is 10.4 Å². The van der Waals surface area contributed by atoms with Crippen molar-refractivity contribution in [1.29, 1.82) is 0 Å². The summed E-state index contributed by atoms with van der Waals surface area (Å²) in [6.45, 7) is 1.31. The minimum atomic E-state index is -1.42. The highest BCUT2D eigenvalue weighted by Gasteiger charge is 2.57. The van der Waals surface area contributed by atoms with Gasteiger partial charge in [0.1, 0.15) is 61.0 Å². The van der Waals surface area contributed by atoms with Gasteiger partial charge in [-0.15, -0.1) is 0 Å². The van der Waals surface area contributed by atoms with Crippen molar-refractivity contribution in [3.63, 3.8) is 0 Å². The smallest absolute Gasteiger partial charge is 0.169 e. The Hall–Kier alpha value is -6.55. The van der Waals surface area contributed by atoms with E-state index in [-0.39, 0.29) is 52.9 Å². The maximum Gasteiger partial charge on any atom is 0.169 e. The third-order valence-corrected chi connectivity index (χ3v) is 13.2. The van der Waals surface area contributed by atoms with Gasteiger partial charge in [-0.3, -0.25) is 0 Å². The number of rotatable bonds is 25. The van der Waals surface area contributed by atoms with Crippen molar-refractivity contribution >= 4 is 0 Å². The molecule has 0 aromatic heterocycles. The summed E-state index contributed by atoms with van der Waals surface area (Å²) in [5.41, 5.74) is 16.8. The highest BCUT2D eigenvalue weighted by Crippen LogP contribution is 2.38. The topological polar surface area (TPSA) is 152 Å². The Labute approximate surface area is 433 Å². The van der Waals surface area contributed by atoms with Crippen LogP contribution in [0.3, 0.4) is 0 Å². The molecule has 1 aliphatic heterocycles. The van der Waals surface area contributed by atoms with Gasteiger partial charge in [-0.25, -0.2) is 0 Å². The van der Waals surface area contributed by atoms with Crippen LogP contribution in [0.4, 0.5) is 0 Å². The number of nitrogens with zero attached hydrogens (tertiary/aromatic N) is 3. The van der Waals surface area contributed by atoms with Crippen LogP contribution >= 0.6 is 0 Å². The molecule has 0 amide bonds. The summed E-state index contributed by atoms with van der Waals surface area (Å²) >= 11 is 0. The van der Waals surface area contributed by atoms with E-state index in [9.17, 15) is 10.6 Å². The molecule has 13 heteroatoms. The summed E-state index contributed by atoms with van der Waals surface area (Å²) in [4.78, 5) is 3.36. The summed E-state index contributed by atoms with van der Waals surface area (Å²) in [5.74, 6) is 0. The van der Waals surface area contributed by atoms with E-state index in [2.05, 4.69) is 10.0 Å². The standard InChI is InChI=1S/C61H63N3O10/c62-64-63-52-55(68-38-46-26-12-3-13-27-46)54(67-37-45-24-10-2-11-25-45)51(43-66-36-44-22-8-1-9-23-44)73-61(52)74-57-53(65)56(69-39-47-28-14-4-15-29-47)58(70-40-48-30-16-5-17-31-48)60(72-42-50-34-20-7-21-35-50)59(57)71-41-49-32-18-6-19-33-49/h1-35,51-61,65H,36-43H2/t51-,52-,53+,54+,55-,56+,57-,58-,59-,60-,61-/m1/s1. The molecule has 2 aliphatic rings. The van der Waals surface area contributed by atoms with Gasteiger partial charge in [-0.05, 0) is 44.5 Å². The molecule has 7 aromatic rings. The minimum Gasteiger partial charge on any atom is -0.387 e. The van der Waals surface area contributed by atoms with Gasteiger partial charge in [-0.2, -0.15) is 0 Å². The van der Waals surface area contributed by atoms with Gasteiger partial charge in [-0.1, -0.05) is 217 Å². The van der Waals surface area contributed by atoms with E-state index in [0.717, 1.165) is 38.9 Å². The Morgan fingerprint density at radius 1 is 0.378 bits per heavy atom. The van der Waals surface area contributed by atoms with Gasteiger partial charge in [0.25, 0.3) is 0 Å². The average Bonchev–Trinajstić information content (AvgIpc) is 3.46. The van der Waals surface area contributed by atoms with Crippen LogP contribution in [-0.4, -0.2) is 79.0 Å². The molecule has 11 atom stereocenters. The van der Waals surface area contributed by atoms with E-state index in [4.69, 9.17) is 42.6 Å². The molecule has 74 heavy (non-hydrogen) atoms. The fourth-order valence-electron chi connectivity index (χ4n) is 9.39. The third-order valence-electron chi connectivity index (χ3n) is 13.2. The number of aliphatic hydroxyl groups is 1. The second-order valence-corrected chi connectivity index (χ2v) is 18.4. The van der Waals surface area contributed by atoms with Crippen molar-refractivity contribution in [3.8, 4) is 0 Å². The van der Waals surface area contributed by atoms with E-state index >= 15 is 0 Å². The molecule has 9 rings (SSSR count). The third kappa shape index (κ3) is 14.6. The molecule has 0 spiro atoms. The molecule has 0 radical (unpaired) electrons. The van der Waals surface area contributed by atoms with E-state index in [1.807, 2.05) is 212 Å². The molecule has 1 heterocycles. The lowest BCUT2D eigenvalue weighted by molar-refractivity contribution is -0.338. The summed E-state index contributed by atoms with van der Waals surface area (Å²) < 4.78 is 62.0. The highest BCUT2D eigenvalue weighted by molar-refractivity contribution is 5.20. The van der Waals surface area contributed by atoms with E-state index in [1.54, 1.807) is 0 Å². The second-order valence-electron chi connectivity index (χ2n) is 18.4. The first kappa shape index (κ1) is 52.3. The van der Waals surface area contributed by atoms with E-state index in [1.165, 1.54) is 0 Å². The molecule has 1 saturated carbocycles. The molecule has 7 aromatic carbocycles. The van der Waals surface area contributed by atoms with Crippen molar-refractivity contribution in [3.05, 3.63) is 262 Å². The quantitative estimate of drug-likeness (QED) is 0.0333. The molecule has 13 nitrogen and oxygen atoms in total. The van der Waals surface area contributed by atoms with Crippen LogP contribution in [0.1, 0.15) is 38.9 Å². The highest BCUT2D eigenvalue weighted by atomic mass is 16.7. The molecule has 0 bridgehead atoms. The number of hydrogen-bond acceptors (Lipinski definition) is 11. The van der Waals surface area contributed by atoms with Crippen LogP contribution in [0.15, 0.2) is 217 Å². The first-order valence-corrected chi connectivity index (χ1v) is 25.2. The van der Waals surface area contributed by atoms with E-state index < -0.39 is 67.3 Å². The Bertz CT molecular complexity index is 2710. The zero-order valence-electron chi connectivity index (χ0n) is 41.2. The molecule has 2 fully saturated rings. The lowest BCUT2D eigenvalue weighted by Crippen LogP contribution is -2.69. The van der Waals surface area contributed by atoms with Crippen LogP contribution < -0.4 is 0 Å². The Kier molecular flexibility index (Phi) is 19.6. The Morgan fingerprint density at radius 3 is 1.04 bits per heavy atom. The molecular weight excluding hydrogens is 935 g/mol. The van der Waals surface area contributed by atoms with Crippen LogP contribution in [0.2, 0.25) is 0 Å². The summed E-state index contributed by atoms with van der Waals surface area (Å²) in [5, 5.41) is 17.5. The minimum absolute atomic E-state index is 0.0462. The first-order chi connectivity index (χ1) is 36.6. The second kappa shape index (κ2) is 27.7. The predicted molar refractivity (Wildman–Crippen MR) is 279 cm³/mol. The summed E-state index contributed by atoms with van der Waals surface area (Å²) in [7, 11) is 0. The van der Waals surface area contributed by atoms with Gasteiger partial charge in [0, 0.05) is 4.91 Å². The molecule has 1 N–H and O–H groups in total. The molecular formula is C61H63N3O10. The summed E-state index contributed by atoms with van der Waals surface area (Å²) in [6, 6.07) is 67.4. The Morgan fingerprint density at radius 2 is 0.676 bits per heavy atom. The number of hydrogen-bond donors (Lipinski definition) is 1. The number of ether oxygens (including phenoxy) is 9. The number of azide groups is 1. The van der Waals surface area contributed by atoms with Gasteiger partial charge in [0.15, 0.2) is 6.29 Å². The van der Waals surface area contributed by atoms with Crippen LogP contribution in [0.5, 0.6) is 0 Å². The average molecular weight is 998 g/mol. The van der Waals surface area contributed by atoms with Crippen molar-refractivity contribution < 1.29 is 47.7 Å². The largest absolute Gasteiger partial charge is 0.387 e. The van der Waals surface area contributed by atoms with Gasteiger partial charge >= 0.3 is 0 Å². The summed E-state index contributed by atoms with van der Waals surface area (Å²) in [6.07, 6.45) is -10.5. The predicted octanol–water partition coefficient (Wildman–Crippen LogP) is 10.9. The number of benzene rings is 7. The molecule has 382 valence electrons. The fourth-order valence-corrected chi connectivity index (χ4v) is 9.39. The normalized spacial score (nSPS) is 24.7. The van der Waals surface area contributed by atoms with Crippen molar-refractivity contribution in [1.82, 2.24) is 0 Å². The van der Waals surface area contributed by atoms with Crippen molar-refractivity contribution in [2.45, 2.75) is 114 Å². The van der Waals surface area contributed by atoms with Crippen molar-refractivity contribution in [2.75, 3.05) is 6.61 Å². The fraction of sp³-hybridized carbons (Fsp3) is 0.311.